The first-order valence-electron chi connectivity index (χ1n) is 6.47. The van der Waals surface area contributed by atoms with Gasteiger partial charge in [0.15, 0.2) is 5.78 Å². The van der Waals surface area contributed by atoms with Crippen LogP contribution in [0.4, 0.5) is 0 Å². The molecule has 0 heterocycles. The lowest BCUT2D eigenvalue weighted by atomic mass is 9.99. The van der Waals surface area contributed by atoms with Gasteiger partial charge in [-0.3, -0.25) is 4.79 Å². The Morgan fingerprint density at radius 2 is 1.50 bits per heavy atom. The number of rotatable bonds is 4. The van der Waals surface area contributed by atoms with Gasteiger partial charge in [-0.1, -0.05) is 56.3 Å². The molecule has 18 heavy (non-hydrogen) atoms. The number of hydrogen-bond acceptors (Lipinski definition) is 1. The van der Waals surface area contributed by atoms with Crippen LogP contribution in [0.25, 0.3) is 0 Å². The number of aryl methyl sites for hydroxylation is 2. The summed E-state index contributed by atoms with van der Waals surface area (Å²) in [6, 6.07) is 15.8. The van der Waals surface area contributed by atoms with E-state index in [1.54, 1.807) is 0 Å². The van der Waals surface area contributed by atoms with E-state index < -0.39 is 0 Å². The molecule has 92 valence electrons. The largest absolute Gasteiger partial charge is 0.289 e. The molecule has 1 nitrogen and oxygen atoms in total. The Bertz CT molecular complexity index is 538. The maximum absolute atomic E-state index is 12.3. The minimum atomic E-state index is 0.105. The highest BCUT2D eigenvalue weighted by Crippen LogP contribution is 2.13. The van der Waals surface area contributed by atoms with Crippen molar-refractivity contribution in [3.05, 3.63) is 70.8 Å². The van der Waals surface area contributed by atoms with Crippen LogP contribution >= 0.6 is 0 Å². The molecule has 0 spiro atoms. The molecule has 2 aromatic rings. The summed E-state index contributed by atoms with van der Waals surface area (Å²) >= 11 is 0. The molecule has 0 unspecified atom stereocenters. The van der Waals surface area contributed by atoms with Crippen LogP contribution in [0.1, 0.15) is 40.9 Å². The van der Waals surface area contributed by atoms with Crippen molar-refractivity contribution in [3.63, 3.8) is 0 Å². The highest BCUT2D eigenvalue weighted by Gasteiger charge is 2.08. The summed E-state index contributed by atoms with van der Waals surface area (Å²) in [6.45, 7) is 4.21. The summed E-state index contributed by atoms with van der Waals surface area (Å²) in [5, 5.41) is 0. The molecule has 2 aromatic carbocycles. The van der Waals surface area contributed by atoms with Crippen LogP contribution in [-0.2, 0) is 12.8 Å². The van der Waals surface area contributed by atoms with Crippen LogP contribution in [0.5, 0.6) is 0 Å². The first kappa shape index (κ1) is 12.6. The zero-order chi connectivity index (χ0) is 13.0. The summed E-state index contributed by atoms with van der Waals surface area (Å²) in [4.78, 5) is 12.3. The highest BCUT2D eigenvalue weighted by atomic mass is 16.1. The van der Waals surface area contributed by atoms with Gasteiger partial charge in [-0.05, 0) is 30.0 Å². The first-order valence-corrected chi connectivity index (χ1v) is 6.47. The molecule has 0 fully saturated rings. The lowest BCUT2D eigenvalue weighted by Gasteiger charge is -2.04. The molecule has 1 heteroatoms. The molecule has 0 aromatic heterocycles. The molecule has 0 aliphatic rings. The van der Waals surface area contributed by atoms with Crippen molar-refractivity contribution >= 4 is 5.78 Å². The van der Waals surface area contributed by atoms with Gasteiger partial charge in [-0.25, -0.2) is 0 Å². The van der Waals surface area contributed by atoms with Gasteiger partial charge < -0.3 is 0 Å². The van der Waals surface area contributed by atoms with Gasteiger partial charge in [-0.15, -0.1) is 0 Å². The summed E-state index contributed by atoms with van der Waals surface area (Å²) in [7, 11) is 0. The normalized spacial score (nSPS) is 10.3. The van der Waals surface area contributed by atoms with Crippen LogP contribution in [-0.4, -0.2) is 5.78 Å². The third-order valence-electron chi connectivity index (χ3n) is 3.22. The topological polar surface area (TPSA) is 17.1 Å². The van der Waals surface area contributed by atoms with Gasteiger partial charge in [-0.2, -0.15) is 0 Å². The van der Waals surface area contributed by atoms with Gasteiger partial charge in [0.05, 0.1) is 0 Å². The number of carbonyl (C=O) groups excluding carboxylic acids is 1. The molecule has 0 bridgehead atoms. The molecule has 0 aliphatic heterocycles. The predicted octanol–water partition coefficient (Wildman–Crippen LogP) is 4.04. The van der Waals surface area contributed by atoms with E-state index >= 15 is 0 Å². The van der Waals surface area contributed by atoms with E-state index in [1.807, 2.05) is 42.5 Å². The number of hydrogen-bond donors (Lipinski definition) is 0. The van der Waals surface area contributed by atoms with Crippen LogP contribution in [0.15, 0.2) is 48.5 Å². The van der Waals surface area contributed by atoms with E-state index in [-0.39, 0.29) is 5.78 Å². The highest BCUT2D eigenvalue weighted by molar-refractivity contribution is 6.09. The van der Waals surface area contributed by atoms with Crippen molar-refractivity contribution in [1.29, 1.82) is 0 Å². The van der Waals surface area contributed by atoms with Crippen molar-refractivity contribution < 1.29 is 4.79 Å². The molecule has 2 rings (SSSR count). The Morgan fingerprint density at radius 3 is 2.11 bits per heavy atom. The van der Waals surface area contributed by atoms with Crippen molar-refractivity contribution in [2.45, 2.75) is 26.7 Å². The van der Waals surface area contributed by atoms with E-state index in [9.17, 15) is 4.79 Å². The second kappa shape index (κ2) is 5.63. The fraction of sp³-hybridized carbons (Fsp3) is 0.235. The summed E-state index contributed by atoms with van der Waals surface area (Å²) in [5.41, 5.74) is 4.00. The van der Waals surface area contributed by atoms with Crippen molar-refractivity contribution in [3.8, 4) is 0 Å². The second-order valence-electron chi connectivity index (χ2n) is 4.43. The van der Waals surface area contributed by atoms with Crippen molar-refractivity contribution in [2.75, 3.05) is 0 Å². The van der Waals surface area contributed by atoms with Crippen molar-refractivity contribution in [2.24, 2.45) is 0 Å². The molecule has 0 saturated heterocycles. The minimum Gasteiger partial charge on any atom is -0.289 e. The quantitative estimate of drug-likeness (QED) is 0.735. The average Bonchev–Trinajstić information content (AvgIpc) is 2.46. The average molecular weight is 238 g/mol. The lowest BCUT2D eigenvalue weighted by molar-refractivity contribution is 0.103. The Balaban J connectivity index is 2.29. The maximum Gasteiger partial charge on any atom is 0.193 e. The molecular formula is C17H18O. The predicted molar refractivity (Wildman–Crippen MR) is 75.1 cm³/mol. The number of carbonyl (C=O) groups is 1. The fourth-order valence-corrected chi connectivity index (χ4v) is 1.99. The van der Waals surface area contributed by atoms with Crippen molar-refractivity contribution in [1.82, 2.24) is 0 Å². The molecule has 0 saturated carbocycles. The third-order valence-corrected chi connectivity index (χ3v) is 3.22. The van der Waals surface area contributed by atoms with E-state index in [2.05, 4.69) is 19.9 Å². The van der Waals surface area contributed by atoms with Gasteiger partial charge in [0.2, 0.25) is 0 Å². The van der Waals surface area contributed by atoms with E-state index in [1.165, 1.54) is 11.1 Å². The summed E-state index contributed by atoms with van der Waals surface area (Å²) in [6.07, 6.45) is 1.95. The molecule has 0 atom stereocenters. The summed E-state index contributed by atoms with van der Waals surface area (Å²) < 4.78 is 0. The van der Waals surface area contributed by atoms with E-state index in [0.717, 1.165) is 24.0 Å². The monoisotopic (exact) mass is 238 g/mol. The van der Waals surface area contributed by atoms with Crippen LogP contribution < -0.4 is 0 Å². The smallest absolute Gasteiger partial charge is 0.193 e. The molecule has 0 radical (unpaired) electrons. The molecular weight excluding hydrogens is 220 g/mol. The Hall–Kier alpha value is -1.89. The Labute approximate surface area is 108 Å². The Kier molecular flexibility index (Phi) is 3.93. The van der Waals surface area contributed by atoms with Gasteiger partial charge in [0, 0.05) is 11.1 Å². The standard InChI is InChI=1S/C17H18O/c1-3-13-8-10-15(11-9-13)17(18)16-7-5-6-14(4-2)12-16/h5-12H,3-4H2,1-2H3. The molecule has 0 amide bonds. The Morgan fingerprint density at radius 1 is 0.833 bits per heavy atom. The first-order chi connectivity index (χ1) is 8.74. The number of benzene rings is 2. The number of ketones is 1. The van der Waals surface area contributed by atoms with Crippen LogP contribution in [0, 0.1) is 0 Å². The molecule has 0 aliphatic carbocycles. The van der Waals surface area contributed by atoms with E-state index in [4.69, 9.17) is 0 Å². The maximum atomic E-state index is 12.3. The second-order valence-corrected chi connectivity index (χ2v) is 4.43. The van der Waals surface area contributed by atoms with Crippen LogP contribution in [0.2, 0.25) is 0 Å². The minimum absolute atomic E-state index is 0.105. The fourth-order valence-electron chi connectivity index (χ4n) is 1.99. The third kappa shape index (κ3) is 2.67. The zero-order valence-electron chi connectivity index (χ0n) is 10.9. The van der Waals surface area contributed by atoms with Gasteiger partial charge in [0.1, 0.15) is 0 Å². The zero-order valence-corrected chi connectivity index (χ0v) is 10.9. The van der Waals surface area contributed by atoms with Crippen LogP contribution in [0.3, 0.4) is 0 Å². The summed E-state index contributed by atoms with van der Waals surface area (Å²) in [5.74, 6) is 0.105. The van der Waals surface area contributed by atoms with Gasteiger partial charge >= 0.3 is 0 Å². The molecule has 0 N–H and O–H groups in total. The van der Waals surface area contributed by atoms with Gasteiger partial charge in [0.25, 0.3) is 0 Å². The lowest BCUT2D eigenvalue weighted by Crippen LogP contribution is -2.02. The SMILES string of the molecule is CCc1ccc(C(=O)c2cccc(CC)c2)cc1. The van der Waals surface area contributed by atoms with E-state index in [0.29, 0.717) is 0 Å².